The minimum absolute atomic E-state index is 0.464. The Balaban J connectivity index is 1.58. The van der Waals surface area contributed by atoms with Crippen LogP contribution in [0.15, 0.2) is 24.3 Å². The van der Waals surface area contributed by atoms with E-state index in [9.17, 15) is 9.59 Å². The summed E-state index contributed by atoms with van der Waals surface area (Å²) >= 11 is 1.37. The topological polar surface area (TPSA) is 74.8 Å². The minimum atomic E-state index is -0.635. The van der Waals surface area contributed by atoms with Crippen molar-refractivity contribution in [1.82, 2.24) is 9.88 Å². The van der Waals surface area contributed by atoms with Crippen molar-refractivity contribution < 1.29 is 14.3 Å². The molecule has 138 valence electrons. The molecule has 7 nitrogen and oxygen atoms in total. The van der Waals surface area contributed by atoms with Crippen LogP contribution in [-0.2, 0) is 9.59 Å². The Morgan fingerprint density at radius 1 is 1.15 bits per heavy atom. The Bertz CT molecular complexity index is 793. The molecule has 1 N–H and O–H groups in total. The number of hydrogen-bond acceptors (Lipinski definition) is 6. The van der Waals surface area contributed by atoms with Crippen molar-refractivity contribution in [1.29, 1.82) is 0 Å². The summed E-state index contributed by atoms with van der Waals surface area (Å²) in [6, 6.07) is 7.80. The molecule has 1 aliphatic rings. The lowest BCUT2D eigenvalue weighted by Crippen LogP contribution is -2.51. The lowest BCUT2D eigenvalue weighted by Gasteiger charge is -2.36. The molecule has 1 saturated heterocycles. The molecular formula is C18H22N4O3S. The second kappa shape index (κ2) is 7.74. The van der Waals surface area contributed by atoms with Gasteiger partial charge in [0.25, 0.3) is 0 Å². The van der Waals surface area contributed by atoms with Crippen LogP contribution in [0.4, 0.5) is 10.8 Å². The summed E-state index contributed by atoms with van der Waals surface area (Å²) in [6.45, 7) is 6.08. The number of rotatable bonds is 3. The molecule has 1 fully saturated rings. The van der Waals surface area contributed by atoms with Gasteiger partial charge < -0.3 is 14.5 Å². The maximum absolute atomic E-state index is 12.4. The number of anilines is 2. The number of thiazole rings is 1. The van der Waals surface area contributed by atoms with Gasteiger partial charge in [0.15, 0.2) is 5.13 Å². The SMILES string of the molecule is COc1ccccc1N1CCN(C(=O)C(=O)Nc2nc(C)c(C)s2)CC1. The monoisotopic (exact) mass is 374 g/mol. The van der Waals surface area contributed by atoms with E-state index in [1.807, 2.05) is 38.1 Å². The second-order valence-electron chi connectivity index (χ2n) is 6.07. The van der Waals surface area contributed by atoms with Crippen LogP contribution in [0.5, 0.6) is 5.75 Å². The quantitative estimate of drug-likeness (QED) is 0.833. The molecule has 0 saturated carbocycles. The number of para-hydroxylation sites is 2. The van der Waals surface area contributed by atoms with E-state index in [4.69, 9.17) is 4.74 Å². The van der Waals surface area contributed by atoms with Crippen LogP contribution in [0.1, 0.15) is 10.6 Å². The van der Waals surface area contributed by atoms with Crippen molar-refractivity contribution in [2.75, 3.05) is 43.5 Å². The number of piperazine rings is 1. The number of carbonyl (C=O) groups excluding carboxylic acids is 2. The number of aromatic nitrogens is 1. The molecule has 0 atom stereocenters. The number of aryl methyl sites for hydroxylation is 2. The Morgan fingerprint density at radius 2 is 1.85 bits per heavy atom. The number of nitrogens with zero attached hydrogens (tertiary/aromatic N) is 3. The average Bonchev–Trinajstić information content (AvgIpc) is 2.98. The van der Waals surface area contributed by atoms with Gasteiger partial charge in [-0.3, -0.25) is 14.9 Å². The van der Waals surface area contributed by atoms with Gasteiger partial charge in [-0.2, -0.15) is 0 Å². The minimum Gasteiger partial charge on any atom is -0.495 e. The number of ether oxygens (including phenoxy) is 1. The standard InChI is InChI=1S/C18H22N4O3S/c1-12-13(2)26-18(19-12)20-16(23)17(24)22-10-8-21(9-11-22)14-6-4-5-7-15(14)25-3/h4-7H,8-11H2,1-3H3,(H,19,20,23). The predicted molar refractivity (Wildman–Crippen MR) is 102 cm³/mol. The zero-order valence-corrected chi connectivity index (χ0v) is 15.9. The normalized spacial score (nSPS) is 14.3. The lowest BCUT2D eigenvalue weighted by molar-refractivity contribution is -0.143. The Kier molecular flexibility index (Phi) is 5.41. The molecule has 2 heterocycles. The van der Waals surface area contributed by atoms with Crippen LogP contribution < -0.4 is 15.0 Å². The zero-order valence-electron chi connectivity index (χ0n) is 15.1. The molecule has 0 unspecified atom stereocenters. The van der Waals surface area contributed by atoms with E-state index in [1.165, 1.54) is 11.3 Å². The summed E-state index contributed by atoms with van der Waals surface area (Å²) in [4.78, 5) is 33.6. The zero-order chi connectivity index (χ0) is 18.7. The number of amides is 2. The van der Waals surface area contributed by atoms with Crippen molar-refractivity contribution in [3.05, 3.63) is 34.8 Å². The van der Waals surface area contributed by atoms with Gasteiger partial charge in [-0.1, -0.05) is 12.1 Å². The third-order valence-corrected chi connectivity index (χ3v) is 5.42. The fourth-order valence-electron chi connectivity index (χ4n) is 2.86. The van der Waals surface area contributed by atoms with Crippen LogP contribution in [0.2, 0.25) is 0 Å². The average molecular weight is 374 g/mol. The summed E-state index contributed by atoms with van der Waals surface area (Å²) in [5.41, 5.74) is 1.86. The molecule has 1 aromatic heterocycles. The van der Waals surface area contributed by atoms with Crippen LogP contribution in [0.3, 0.4) is 0 Å². The van der Waals surface area contributed by atoms with E-state index in [1.54, 1.807) is 12.0 Å². The van der Waals surface area contributed by atoms with E-state index in [-0.39, 0.29) is 0 Å². The molecule has 3 rings (SSSR count). The van der Waals surface area contributed by atoms with Crippen molar-refractivity contribution in [2.24, 2.45) is 0 Å². The molecule has 0 spiro atoms. The first-order valence-corrected chi connectivity index (χ1v) is 9.23. The fraction of sp³-hybridized carbons (Fsp3) is 0.389. The third-order valence-electron chi connectivity index (χ3n) is 4.44. The van der Waals surface area contributed by atoms with E-state index >= 15 is 0 Å². The van der Waals surface area contributed by atoms with E-state index < -0.39 is 11.8 Å². The number of hydrogen-bond donors (Lipinski definition) is 1. The first-order chi connectivity index (χ1) is 12.5. The highest BCUT2D eigenvalue weighted by atomic mass is 32.1. The smallest absolute Gasteiger partial charge is 0.315 e. The van der Waals surface area contributed by atoms with Gasteiger partial charge in [0.2, 0.25) is 0 Å². The first-order valence-electron chi connectivity index (χ1n) is 8.42. The molecular weight excluding hydrogens is 352 g/mol. The molecule has 0 bridgehead atoms. The molecule has 2 aromatic rings. The maximum atomic E-state index is 12.4. The number of methoxy groups -OCH3 is 1. The molecule has 1 aromatic carbocycles. The second-order valence-corrected chi connectivity index (χ2v) is 7.27. The van der Waals surface area contributed by atoms with E-state index in [0.717, 1.165) is 22.0 Å². The molecule has 0 aliphatic carbocycles. The van der Waals surface area contributed by atoms with Gasteiger partial charge in [0, 0.05) is 31.1 Å². The Morgan fingerprint density at radius 3 is 2.46 bits per heavy atom. The highest BCUT2D eigenvalue weighted by molar-refractivity contribution is 7.15. The summed E-state index contributed by atoms with van der Waals surface area (Å²) < 4.78 is 5.40. The van der Waals surface area contributed by atoms with Gasteiger partial charge in [-0.25, -0.2) is 4.98 Å². The van der Waals surface area contributed by atoms with Gasteiger partial charge in [-0.05, 0) is 26.0 Å². The molecule has 1 aliphatic heterocycles. The summed E-state index contributed by atoms with van der Waals surface area (Å²) in [5.74, 6) is -0.348. The maximum Gasteiger partial charge on any atom is 0.315 e. The summed E-state index contributed by atoms with van der Waals surface area (Å²) in [6.07, 6.45) is 0. The van der Waals surface area contributed by atoms with Crippen LogP contribution in [0, 0.1) is 13.8 Å². The summed E-state index contributed by atoms with van der Waals surface area (Å²) in [7, 11) is 1.64. The van der Waals surface area contributed by atoms with Gasteiger partial charge in [0.05, 0.1) is 18.5 Å². The van der Waals surface area contributed by atoms with Gasteiger partial charge in [-0.15, -0.1) is 11.3 Å². The van der Waals surface area contributed by atoms with Crippen molar-refractivity contribution >= 4 is 34.0 Å². The van der Waals surface area contributed by atoms with Crippen molar-refractivity contribution in [3.8, 4) is 5.75 Å². The van der Waals surface area contributed by atoms with E-state index in [0.29, 0.717) is 31.3 Å². The van der Waals surface area contributed by atoms with Crippen molar-refractivity contribution in [2.45, 2.75) is 13.8 Å². The first kappa shape index (κ1) is 18.2. The van der Waals surface area contributed by atoms with Gasteiger partial charge in [0.1, 0.15) is 5.75 Å². The van der Waals surface area contributed by atoms with Crippen LogP contribution in [0.25, 0.3) is 0 Å². The Labute approximate surface area is 156 Å². The number of carbonyl (C=O) groups is 2. The fourth-order valence-corrected chi connectivity index (χ4v) is 3.67. The molecule has 8 heteroatoms. The Hall–Kier alpha value is -2.61. The highest BCUT2D eigenvalue weighted by Crippen LogP contribution is 2.28. The largest absolute Gasteiger partial charge is 0.495 e. The van der Waals surface area contributed by atoms with Gasteiger partial charge >= 0.3 is 11.8 Å². The molecule has 0 radical (unpaired) electrons. The summed E-state index contributed by atoms with van der Waals surface area (Å²) in [5, 5.41) is 3.07. The molecule has 2 amide bonds. The highest BCUT2D eigenvalue weighted by Gasteiger charge is 2.27. The van der Waals surface area contributed by atoms with Crippen LogP contribution >= 0.6 is 11.3 Å². The predicted octanol–water partition coefficient (Wildman–Crippen LogP) is 2.06. The van der Waals surface area contributed by atoms with Crippen molar-refractivity contribution in [3.63, 3.8) is 0 Å². The number of benzene rings is 1. The van der Waals surface area contributed by atoms with Crippen LogP contribution in [-0.4, -0.2) is 55.0 Å². The third kappa shape index (κ3) is 3.80. The molecule has 26 heavy (non-hydrogen) atoms. The number of nitrogens with one attached hydrogen (secondary N) is 1. The van der Waals surface area contributed by atoms with E-state index in [2.05, 4.69) is 15.2 Å². The lowest BCUT2D eigenvalue weighted by atomic mass is 10.2.